The van der Waals surface area contributed by atoms with Crippen LogP contribution in [-0.4, -0.2) is 50.6 Å². The number of methoxy groups -OCH3 is 2. The second-order valence-electron chi connectivity index (χ2n) is 6.40. The third kappa shape index (κ3) is 5.60. The van der Waals surface area contributed by atoms with Crippen molar-refractivity contribution in [2.45, 2.75) is 6.54 Å². The molecule has 1 N–H and O–H groups in total. The molecule has 7 nitrogen and oxygen atoms in total. The Morgan fingerprint density at radius 2 is 1.67 bits per heavy atom. The van der Waals surface area contributed by atoms with Crippen LogP contribution in [0.3, 0.4) is 0 Å². The van der Waals surface area contributed by atoms with Gasteiger partial charge in [-0.05, 0) is 24.3 Å². The maximum atomic E-state index is 5.88. The monoisotopic (exact) mass is 407 g/mol. The van der Waals surface area contributed by atoms with Gasteiger partial charge in [0.1, 0.15) is 19.5 Å². The number of ether oxygens (including phenoxy) is 4. The second kappa shape index (κ2) is 11.0. The molecule has 0 saturated heterocycles. The van der Waals surface area contributed by atoms with E-state index in [1.165, 1.54) is 0 Å². The highest BCUT2D eigenvalue weighted by Gasteiger charge is 2.12. The Bertz CT molecular complexity index is 1020. The minimum absolute atomic E-state index is 0.406. The van der Waals surface area contributed by atoms with E-state index >= 15 is 0 Å². The first-order valence-electron chi connectivity index (χ1n) is 9.56. The van der Waals surface area contributed by atoms with E-state index in [1.807, 2.05) is 36.4 Å². The Balaban J connectivity index is 1.87. The second-order valence-corrected chi connectivity index (χ2v) is 6.40. The number of terminal acetylenes is 1. The smallest absolute Gasteiger partial charge is 0.163 e. The van der Waals surface area contributed by atoms with E-state index in [0.717, 1.165) is 27.8 Å². The van der Waals surface area contributed by atoms with Crippen LogP contribution in [0.2, 0.25) is 0 Å². The lowest BCUT2D eigenvalue weighted by Crippen LogP contribution is -2.09. The molecule has 3 rings (SSSR count). The van der Waals surface area contributed by atoms with Gasteiger partial charge < -0.3 is 24.3 Å². The molecule has 3 aromatic rings. The molecule has 7 heteroatoms. The number of nitrogens with one attached hydrogen (secondary N) is 1. The molecular weight excluding hydrogens is 382 g/mol. The van der Waals surface area contributed by atoms with Crippen LogP contribution in [0.15, 0.2) is 42.7 Å². The zero-order chi connectivity index (χ0) is 21.2. The SMILES string of the molecule is C#Cc1cccc(NCc2ncnc3cc(OCCOC)c(OCCOC)cc23)c1. The van der Waals surface area contributed by atoms with Crippen LogP contribution in [0.25, 0.3) is 10.9 Å². The molecule has 0 aliphatic rings. The zero-order valence-electron chi connectivity index (χ0n) is 17.2. The fraction of sp³-hybridized carbons (Fsp3) is 0.304. The molecule has 0 radical (unpaired) electrons. The maximum Gasteiger partial charge on any atom is 0.163 e. The number of anilines is 1. The highest BCUT2D eigenvalue weighted by Crippen LogP contribution is 2.33. The molecule has 0 fully saturated rings. The number of aromatic nitrogens is 2. The van der Waals surface area contributed by atoms with Gasteiger partial charge in [-0.1, -0.05) is 12.0 Å². The van der Waals surface area contributed by atoms with Crippen molar-refractivity contribution in [2.75, 3.05) is 46.0 Å². The van der Waals surface area contributed by atoms with Crippen LogP contribution < -0.4 is 14.8 Å². The fourth-order valence-corrected chi connectivity index (χ4v) is 2.86. The number of rotatable bonds is 11. The van der Waals surface area contributed by atoms with Gasteiger partial charge in [-0.2, -0.15) is 0 Å². The lowest BCUT2D eigenvalue weighted by atomic mass is 10.1. The van der Waals surface area contributed by atoms with Gasteiger partial charge in [-0.15, -0.1) is 6.42 Å². The Hall–Kier alpha value is -3.34. The molecule has 1 aromatic heterocycles. The van der Waals surface area contributed by atoms with Crippen LogP contribution in [0.1, 0.15) is 11.3 Å². The Labute approximate surface area is 176 Å². The summed E-state index contributed by atoms with van der Waals surface area (Å²) in [6.07, 6.45) is 7.03. The highest BCUT2D eigenvalue weighted by molar-refractivity contribution is 5.84. The molecular formula is C23H25N3O4. The minimum Gasteiger partial charge on any atom is -0.487 e. The van der Waals surface area contributed by atoms with Crippen LogP contribution in [0.4, 0.5) is 5.69 Å². The van der Waals surface area contributed by atoms with Crippen molar-refractivity contribution in [3.05, 3.63) is 54.0 Å². The van der Waals surface area contributed by atoms with E-state index in [4.69, 9.17) is 25.4 Å². The van der Waals surface area contributed by atoms with Gasteiger partial charge >= 0.3 is 0 Å². The number of fused-ring (bicyclic) bond motifs is 1. The number of nitrogens with zero attached hydrogens (tertiary/aromatic N) is 2. The van der Waals surface area contributed by atoms with E-state index in [9.17, 15) is 0 Å². The van der Waals surface area contributed by atoms with E-state index in [0.29, 0.717) is 44.5 Å². The first-order valence-corrected chi connectivity index (χ1v) is 9.56. The standard InChI is InChI=1S/C23H25N3O4/c1-4-17-6-5-7-18(12-17)24-15-21-19-13-22(29-10-8-27-2)23(30-11-9-28-3)14-20(19)25-16-26-21/h1,5-7,12-14,16,24H,8-11,15H2,2-3H3. The number of benzene rings is 2. The molecule has 0 aliphatic carbocycles. The molecule has 30 heavy (non-hydrogen) atoms. The topological polar surface area (TPSA) is 74.7 Å². The van der Waals surface area contributed by atoms with Gasteiger partial charge in [0.05, 0.1) is 31.0 Å². The van der Waals surface area contributed by atoms with Gasteiger partial charge in [0.25, 0.3) is 0 Å². The van der Waals surface area contributed by atoms with Gasteiger partial charge in [-0.25, -0.2) is 9.97 Å². The summed E-state index contributed by atoms with van der Waals surface area (Å²) < 4.78 is 21.9. The van der Waals surface area contributed by atoms with Gasteiger partial charge in [0.15, 0.2) is 11.5 Å². The molecule has 1 heterocycles. The molecule has 0 aliphatic heterocycles. The summed E-state index contributed by atoms with van der Waals surface area (Å²) >= 11 is 0. The Morgan fingerprint density at radius 1 is 0.933 bits per heavy atom. The van der Waals surface area contributed by atoms with E-state index < -0.39 is 0 Å². The summed E-state index contributed by atoms with van der Waals surface area (Å²) in [5.74, 6) is 3.86. The van der Waals surface area contributed by atoms with Gasteiger partial charge in [0, 0.05) is 36.9 Å². The van der Waals surface area contributed by atoms with Crippen molar-refractivity contribution in [3.8, 4) is 23.8 Å². The van der Waals surface area contributed by atoms with Gasteiger partial charge in [-0.3, -0.25) is 0 Å². The summed E-state index contributed by atoms with van der Waals surface area (Å²) in [6.45, 7) is 2.27. The first kappa shape index (κ1) is 21.4. The van der Waals surface area contributed by atoms with E-state index in [2.05, 4.69) is 21.2 Å². The molecule has 0 unspecified atom stereocenters. The predicted octanol–water partition coefficient (Wildman–Crippen LogP) is 3.27. The lowest BCUT2D eigenvalue weighted by molar-refractivity contribution is 0.132. The summed E-state index contributed by atoms with van der Waals surface area (Å²) in [7, 11) is 3.26. The van der Waals surface area contributed by atoms with Crippen molar-refractivity contribution in [2.24, 2.45) is 0 Å². The average molecular weight is 407 g/mol. The summed E-state index contributed by atoms with van der Waals surface area (Å²) in [4.78, 5) is 8.85. The van der Waals surface area contributed by atoms with Crippen molar-refractivity contribution < 1.29 is 18.9 Å². The maximum absolute atomic E-state index is 5.88. The molecule has 0 spiro atoms. The van der Waals surface area contributed by atoms with Crippen LogP contribution in [-0.2, 0) is 16.0 Å². The third-order valence-electron chi connectivity index (χ3n) is 4.36. The molecule has 0 amide bonds. The van der Waals surface area contributed by atoms with Crippen LogP contribution in [0.5, 0.6) is 11.5 Å². The normalized spacial score (nSPS) is 10.6. The molecule has 156 valence electrons. The number of hydrogen-bond donors (Lipinski definition) is 1. The van der Waals surface area contributed by atoms with Crippen molar-refractivity contribution >= 4 is 16.6 Å². The Kier molecular flexibility index (Phi) is 7.84. The molecule has 0 atom stereocenters. The molecule has 0 saturated carbocycles. The van der Waals surface area contributed by atoms with Gasteiger partial charge in [0.2, 0.25) is 0 Å². The third-order valence-corrected chi connectivity index (χ3v) is 4.36. The van der Waals surface area contributed by atoms with Crippen LogP contribution in [0, 0.1) is 12.3 Å². The molecule has 0 bridgehead atoms. The van der Waals surface area contributed by atoms with Crippen molar-refractivity contribution in [1.82, 2.24) is 9.97 Å². The summed E-state index contributed by atoms with van der Waals surface area (Å²) in [5, 5.41) is 4.24. The van der Waals surface area contributed by atoms with E-state index in [-0.39, 0.29) is 0 Å². The average Bonchev–Trinajstić information content (AvgIpc) is 2.78. The lowest BCUT2D eigenvalue weighted by Gasteiger charge is -2.15. The van der Waals surface area contributed by atoms with Crippen LogP contribution >= 0.6 is 0 Å². The quantitative estimate of drug-likeness (QED) is 0.386. The first-order chi connectivity index (χ1) is 14.7. The largest absolute Gasteiger partial charge is 0.487 e. The predicted molar refractivity (Wildman–Crippen MR) is 116 cm³/mol. The van der Waals surface area contributed by atoms with Crippen molar-refractivity contribution in [1.29, 1.82) is 0 Å². The fourth-order valence-electron chi connectivity index (χ4n) is 2.86. The van der Waals surface area contributed by atoms with E-state index in [1.54, 1.807) is 20.5 Å². The molecule has 2 aromatic carbocycles. The number of hydrogen-bond acceptors (Lipinski definition) is 7. The summed E-state index contributed by atoms with van der Waals surface area (Å²) in [6, 6.07) is 11.5. The Morgan fingerprint density at radius 3 is 2.37 bits per heavy atom. The summed E-state index contributed by atoms with van der Waals surface area (Å²) in [5.41, 5.74) is 3.35. The zero-order valence-corrected chi connectivity index (χ0v) is 17.2. The highest BCUT2D eigenvalue weighted by atomic mass is 16.5. The van der Waals surface area contributed by atoms with Crippen molar-refractivity contribution in [3.63, 3.8) is 0 Å². The minimum atomic E-state index is 0.406.